The van der Waals surface area contributed by atoms with Crippen molar-refractivity contribution in [2.75, 3.05) is 0 Å². The maximum absolute atomic E-state index is 2.49. The SMILES string of the molecule is CC(C)(C)C1=Cc2ccccc2C(C2[Se]C(C(C)(C)C)=Cc3ccccc32)[Se]1. The standard InChI is InChI=1S/C26H30Se2/c1-25(2,3)21-15-17-11-7-9-13-19(17)23(27-21)24-20-14-10-8-12-18(20)16-22(28-24)26(4,5)6/h7-16,23-24H,1-6H3. The summed E-state index contributed by atoms with van der Waals surface area (Å²) >= 11 is 0.957. The minimum atomic E-state index is 0.246. The van der Waals surface area contributed by atoms with Crippen LogP contribution in [-0.2, 0) is 0 Å². The average molecular weight is 500 g/mol. The summed E-state index contributed by atoms with van der Waals surface area (Å²) in [7, 11) is 0. The van der Waals surface area contributed by atoms with Crippen LogP contribution in [0.15, 0.2) is 57.5 Å². The summed E-state index contributed by atoms with van der Waals surface area (Å²) in [5.74, 6) is 0. The van der Waals surface area contributed by atoms with Gasteiger partial charge in [0.15, 0.2) is 0 Å². The van der Waals surface area contributed by atoms with Crippen LogP contribution in [0, 0.1) is 10.8 Å². The summed E-state index contributed by atoms with van der Waals surface area (Å²) < 4.78 is 3.31. The normalized spacial score (nSPS) is 22.1. The molecule has 0 N–H and O–H groups in total. The molecule has 0 fully saturated rings. The Kier molecular flexibility index (Phi) is 5.30. The number of hydrogen-bond acceptors (Lipinski definition) is 0. The molecule has 2 aromatic rings. The molecule has 4 rings (SSSR count). The van der Waals surface area contributed by atoms with Gasteiger partial charge in [-0.3, -0.25) is 0 Å². The second kappa shape index (κ2) is 7.33. The Morgan fingerprint density at radius 3 is 1.29 bits per heavy atom. The summed E-state index contributed by atoms with van der Waals surface area (Å²) in [6.07, 6.45) is 4.99. The zero-order chi connectivity index (χ0) is 20.1. The molecule has 146 valence electrons. The van der Waals surface area contributed by atoms with Crippen molar-refractivity contribution in [2.24, 2.45) is 10.8 Å². The molecule has 2 heteroatoms. The third-order valence-electron chi connectivity index (χ3n) is 5.44. The van der Waals surface area contributed by atoms with Crippen LogP contribution >= 0.6 is 0 Å². The molecule has 2 aliphatic rings. The van der Waals surface area contributed by atoms with Crippen molar-refractivity contribution in [3.8, 4) is 0 Å². The van der Waals surface area contributed by atoms with E-state index in [0.29, 0.717) is 39.5 Å². The molecule has 0 aliphatic carbocycles. The Bertz CT molecular complexity index is 871. The summed E-state index contributed by atoms with van der Waals surface area (Å²) in [6, 6.07) is 18.3. The molecule has 2 unspecified atom stereocenters. The van der Waals surface area contributed by atoms with Gasteiger partial charge in [0, 0.05) is 0 Å². The van der Waals surface area contributed by atoms with Crippen LogP contribution in [0.4, 0.5) is 0 Å². The van der Waals surface area contributed by atoms with Crippen LogP contribution in [0.2, 0.25) is 0 Å². The molecule has 2 atom stereocenters. The molecular weight excluding hydrogens is 470 g/mol. The van der Waals surface area contributed by atoms with Crippen LogP contribution in [0.25, 0.3) is 12.2 Å². The number of hydrogen-bond donors (Lipinski definition) is 0. The van der Waals surface area contributed by atoms with Crippen LogP contribution < -0.4 is 0 Å². The van der Waals surface area contributed by atoms with E-state index in [0.717, 1.165) is 0 Å². The zero-order valence-electron chi connectivity index (χ0n) is 17.7. The molecule has 0 saturated heterocycles. The third-order valence-corrected chi connectivity index (χ3v) is 13.7. The van der Waals surface area contributed by atoms with Crippen molar-refractivity contribution in [1.82, 2.24) is 0 Å². The van der Waals surface area contributed by atoms with E-state index in [1.807, 2.05) is 0 Å². The number of rotatable bonds is 1. The van der Waals surface area contributed by atoms with Crippen LogP contribution in [-0.4, -0.2) is 29.9 Å². The fourth-order valence-electron chi connectivity index (χ4n) is 3.79. The van der Waals surface area contributed by atoms with Gasteiger partial charge in [-0.25, -0.2) is 0 Å². The molecular formula is C26H30Se2. The number of allylic oxidation sites excluding steroid dienone is 2. The summed E-state index contributed by atoms with van der Waals surface area (Å²) in [6.45, 7) is 14.3. The molecule has 2 heterocycles. The van der Waals surface area contributed by atoms with Crippen molar-refractivity contribution in [1.29, 1.82) is 0 Å². The van der Waals surface area contributed by atoms with E-state index >= 15 is 0 Å². The van der Waals surface area contributed by atoms with E-state index in [1.54, 1.807) is 20.1 Å². The topological polar surface area (TPSA) is 0 Å². The molecule has 0 radical (unpaired) electrons. The Balaban J connectivity index is 1.84. The van der Waals surface area contributed by atoms with Gasteiger partial charge in [0.2, 0.25) is 0 Å². The van der Waals surface area contributed by atoms with Crippen molar-refractivity contribution < 1.29 is 0 Å². The molecule has 0 spiro atoms. The van der Waals surface area contributed by atoms with Gasteiger partial charge in [-0.15, -0.1) is 0 Å². The van der Waals surface area contributed by atoms with Gasteiger partial charge in [0.05, 0.1) is 0 Å². The van der Waals surface area contributed by atoms with E-state index in [4.69, 9.17) is 0 Å². The minimum absolute atomic E-state index is 0.246. The van der Waals surface area contributed by atoms with Gasteiger partial charge < -0.3 is 0 Å². The predicted molar refractivity (Wildman–Crippen MR) is 125 cm³/mol. The van der Waals surface area contributed by atoms with E-state index in [-0.39, 0.29) is 10.8 Å². The molecule has 2 aliphatic heterocycles. The van der Waals surface area contributed by atoms with E-state index in [9.17, 15) is 0 Å². The first-order valence-corrected chi connectivity index (χ1v) is 13.8. The van der Waals surface area contributed by atoms with E-state index in [2.05, 4.69) is 102 Å². The van der Waals surface area contributed by atoms with Crippen molar-refractivity contribution >= 4 is 42.1 Å². The Labute approximate surface area is 183 Å². The van der Waals surface area contributed by atoms with Crippen LogP contribution in [0.5, 0.6) is 0 Å². The first kappa shape index (κ1) is 20.2. The Hall–Kier alpha value is -1.04. The predicted octanol–water partition coefficient (Wildman–Crippen LogP) is 6.68. The summed E-state index contributed by atoms with van der Waals surface area (Å²) in [5.41, 5.74) is 6.54. The van der Waals surface area contributed by atoms with Crippen LogP contribution in [0.3, 0.4) is 0 Å². The monoisotopic (exact) mass is 502 g/mol. The molecule has 2 aromatic carbocycles. The van der Waals surface area contributed by atoms with Crippen molar-refractivity contribution in [2.45, 2.75) is 51.2 Å². The van der Waals surface area contributed by atoms with Gasteiger partial charge in [-0.2, -0.15) is 0 Å². The molecule has 0 saturated carbocycles. The maximum atomic E-state index is 2.49. The number of benzene rings is 2. The number of fused-ring (bicyclic) bond motifs is 2. The Morgan fingerprint density at radius 2 is 0.929 bits per heavy atom. The van der Waals surface area contributed by atoms with Gasteiger partial charge in [-0.05, 0) is 0 Å². The fourth-order valence-corrected chi connectivity index (χ4v) is 11.0. The van der Waals surface area contributed by atoms with E-state index in [1.165, 1.54) is 11.1 Å². The Morgan fingerprint density at radius 1 is 0.571 bits per heavy atom. The van der Waals surface area contributed by atoms with Crippen molar-refractivity contribution in [3.63, 3.8) is 0 Å². The second-order valence-electron chi connectivity index (χ2n) is 9.85. The first-order valence-electron chi connectivity index (χ1n) is 10.1. The molecule has 0 amide bonds. The average Bonchev–Trinajstić information content (AvgIpc) is 2.65. The molecule has 0 aromatic heterocycles. The quantitative estimate of drug-likeness (QED) is 0.384. The third kappa shape index (κ3) is 3.86. The summed E-state index contributed by atoms with van der Waals surface area (Å²) in [4.78, 5) is 1.27. The van der Waals surface area contributed by atoms with Crippen LogP contribution in [0.1, 0.15) is 73.4 Å². The van der Waals surface area contributed by atoms with Gasteiger partial charge in [0.1, 0.15) is 0 Å². The molecule has 0 nitrogen and oxygen atoms in total. The second-order valence-corrected chi connectivity index (χ2v) is 14.8. The summed E-state index contributed by atoms with van der Waals surface area (Å²) in [5, 5.41) is 0. The zero-order valence-corrected chi connectivity index (χ0v) is 21.2. The molecule has 0 bridgehead atoms. The van der Waals surface area contributed by atoms with Gasteiger partial charge in [-0.1, -0.05) is 0 Å². The van der Waals surface area contributed by atoms with Crippen molar-refractivity contribution in [3.05, 3.63) is 79.7 Å². The van der Waals surface area contributed by atoms with Gasteiger partial charge in [0.25, 0.3) is 0 Å². The van der Waals surface area contributed by atoms with Gasteiger partial charge >= 0.3 is 184 Å². The first-order chi connectivity index (χ1) is 13.1. The molecule has 28 heavy (non-hydrogen) atoms. The van der Waals surface area contributed by atoms with E-state index < -0.39 is 0 Å². The fraction of sp³-hybridized carbons (Fsp3) is 0.385.